The molecule has 1 rings (SSSR count). The van der Waals surface area contributed by atoms with E-state index in [2.05, 4.69) is 6.58 Å². The Bertz CT molecular complexity index is 281. The molecule has 1 heteroatoms. The van der Waals surface area contributed by atoms with Gasteiger partial charge in [-0.1, -0.05) is 30.9 Å². The van der Waals surface area contributed by atoms with Crippen LogP contribution in [-0.4, -0.2) is 5.11 Å². The maximum atomic E-state index is 9.67. The molecule has 0 unspecified atom stereocenters. The van der Waals surface area contributed by atoms with Gasteiger partial charge in [0.05, 0.1) is 5.60 Å². The third-order valence-electron chi connectivity index (χ3n) is 1.83. The average Bonchev–Trinajstić information content (AvgIpc) is 2.03. The molecule has 0 aliphatic rings. The van der Waals surface area contributed by atoms with Crippen molar-refractivity contribution in [2.45, 2.75) is 19.4 Å². The summed E-state index contributed by atoms with van der Waals surface area (Å²) < 4.78 is 0. The van der Waals surface area contributed by atoms with Crippen LogP contribution in [0.5, 0.6) is 0 Å². The Labute approximate surface area is 73.4 Å². The third kappa shape index (κ3) is 1.95. The van der Waals surface area contributed by atoms with Crippen LogP contribution in [0.1, 0.15) is 25.0 Å². The first-order chi connectivity index (χ1) is 5.54. The molecule has 0 fully saturated rings. The second-order valence-corrected chi connectivity index (χ2v) is 3.39. The van der Waals surface area contributed by atoms with Gasteiger partial charge in [-0.15, -0.1) is 0 Å². The van der Waals surface area contributed by atoms with E-state index in [1.54, 1.807) is 19.9 Å². The van der Waals surface area contributed by atoms with Crippen molar-refractivity contribution >= 4 is 6.08 Å². The summed E-state index contributed by atoms with van der Waals surface area (Å²) in [4.78, 5) is 0. The quantitative estimate of drug-likeness (QED) is 0.708. The fourth-order valence-electron chi connectivity index (χ4n) is 1.05. The summed E-state index contributed by atoms with van der Waals surface area (Å²) in [5.74, 6) is 0. The first-order valence-corrected chi connectivity index (χ1v) is 3.99. The summed E-state index contributed by atoms with van der Waals surface area (Å²) in [5.41, 5.74) is 1.19. The van der Waals surface area contributed by atoms with Crippen LogP contribution in [-0.2, 0) is 5.60 Å². The zero-order valence-electron chi connectivity index (χ0n) is 7.54. The summed E-state index contributed by atoms with van der Waals surface area (Å²) >= 11 is 0. The van der Waals surface area contributed by atoms with Crippen LogP contribution < -0.4 is 0 Å². The van der Waals surface area contributed by atoms with Crippen molar-refractivity contribution in [3.63, 3.8) is 0 Å². The van der Waals surface area contributed by atoms with Crippen molar-refractivity contribution in [2.75, 3.05) is 0 Å². The van der Waals surface area contributed by atoms with Crippen LogP contribution in [0.25, 0.3) is 6.08 Å². The lowest BCUT2D eigenvalue weighted by Crippen LogP contribution is -2.15. The van der Waals surface area contributed by atoms with E-state index < -0.39 is 5.60 Å². The standard InChI is InChI=1S/C11H14O/c1-4-9-6-5-7-10(8-9)11(2,3)12/h4-8,12H,1H2,2-3H3. The predicted molar refractivity (Wildman–Crippen MR) is 51.8 cm³/mol. The van der Waals surface area contributed by atoms with Crippen LogP contribution in [0, 0.1) is 0 Å². The molecule has 0 saturated carbocycles. The summed E-state index contributed by atoms with van der Waals surface area (Å²) in [6.45, 7) is 7.22. The van der Waals surface area contributed by atoms with Gasteiger partial charge in [-0.05, 0) is 31.0 Å². The zero-order chi connectivity index (χ0) is 9.19. The van der Waals surface area contributed by atoms with Gasteiger partial charge in [-0.3, -0.25) is 0 Å². The van der Waals surface area contributed by atoms with Gasteiger partial charge in [-0.2, -0.15) is 0 Å². The summed E-state index contributed by atoms with van der Waals surface area (Å²) in [6.07, 6.45) is 1.77. The summed E-state index contributed by atoms with van der Waals surface area (Å²) in [5, 5.41) is 9.67. The van der Waals surface area contributed by atoms with Crippen LogP contribution in [0.15, 0.2) is 30.8 Å². The Kier molecular flexibility index (Phi) is 2.34. The summed E-state index contributed by atoms with van der Waals surface area (Å²) in [7, 11) is 0. The third-order valence-corrected chi connectivity index (χ3v) is 1.83. The predicted octanol–water partition coefficient (Wildman–Crippen LogP) is 2.56. The van der Waals surface area contributed by atoms with Crippen molar-refractivity contribution in [1.29, 1.82) is 0 Å². The van der Waals surface area contributed by atoms with Crippen LogP contribution in [0.3, 0.4) is 0 Å². The second-order valence-electron chi connectivity index (χ2n) is 3.39. The van der Waals surface area contributed by atoms with Gasteiger partial charge in [0, 0.05) is 0 Å². The molecule has 0 aliphatic heterocycles. The van der Waals surface area contributed by atoms with Gasteiger partial charge in [0.15, 0.2) is 0 Å². The fraction of sp³-hybridized carbons (Fsp3) is 0.273. The number of benzene rings is 1. The lowest BCUT2D eigenvalue weighted by atomic mass is 9.97. The highest BCUT2D eigenvalue weighted by atomic mass is 16.3. The van der Waals surface area contributed by atoms with Crippen LogP contribution in [0.4, 0.5) is 0 Å². The van der Waals surface area contributed by atoms with Crippen molar-refractivity contribution in [3.05, 3.63) is 42.0 Å². The van der Waals surface area contributed by atoms with E-state index in [0.29, 0.717) is 0 Å². The molecule has 64 valence electrons. The second kappa shape index (κ2) is 3.11. The minimum Gasteiger partial charge on any atom is -0.386 e. The molecule has 1 aromatic carbocycles. The van der Waals surface area contributed by atoms with E-state index in [9.17, 15) is 5.11 Å². The fourth-order valence-corrected chi connectivity index (χ4v) is 1.05. The zero-order valence-corrected chi connectivity index (χ0v) is 7.54. The van der Waals surface area contributed by atoms with Crippen molar-refractivity contribution in [3.8, 4) is 0 Å². The molecule has 0 aliphatic carbocycles. The van der Waals surface area contributed by atoms with E-state index in [1.807, 2.05) is 24.3 Å². The largest absolute Gasteiger partial charge is 0.386 e. The first kappa shape index (κ1) is 9.01. The van der Waals surface area contributed by atoms with E-state index in [0.717, 1.165) is 11.1 Å². The monoisotopic (exact) mass is 162 g/mol. The molecule has 0 bridgehead atoms. The number of aliphatic hydroxyl groups is 1. The van der Waals surface area contributed by atoms with Gasteiger partial charge in [-0.25, -0.2) is 0 Å². The van der Waals surface area contributed by atoms with E-state index in [4.69, 9.17) is 0 Å². The molecule has 0 saturated heterocycles. The van der Waals surface area contributed by atoms with Gasteiger partial charge in [0.2, 0.25) is 0 Å². The Morgan fingerprint density at radius 1 is 1.42 bits per heavy atom. The molecule has 1 aromatic rings. The highest BCUT2D eigenvalue weighted by Gasteiger charge is 2.14. The Balaban J connectivity index is 3.10. The molecular formula is C11H14O. The number of hydrogen-bond donors (Lipinski definition) is 1. The molecule has 0 spiro atoms. The maximum absolute atomic E-state index is 9.67. The van der Waals surface area contributed by atoms with Crippen molar-refractivity contribution in [1.82, 2.24) is 0 Å². The van der Waals surface area contributed by atoms with Crippen LogP contribution in [0.2, 0.25) is 0 Å². The minimum atomic E-state index is -0.765. The topological polar surface area (TPSA) is 20.2 Å². The highest BCUT2D eigenvalue weighted by molar-refractivity contribution is 5.48. The van der Waals surface area contributed by atoms with E-state index in [1.165, 1.54) is 0 Å². The van der Waals surface area contributed by atoms with Gasteiger partial charge in [0.1, 0.15) is 0 Å². The molecule has 0 amide bonds. The summed E-state index contributed by atoms with van der Waals surface area (Å²) in [6, 6.07) is 7.73. The Morgan fingerprint density at radius 3 is 2.58 bits per heavy atom. The lowest BCUT2D eigenvalue weighted by molar-refractivity contribution is 0.0786. The Hall–Kier alpha value is -1.08. The first-order valence-electron chi connectivity index (χ1n) is 3.99. The normalized spacial score (nSPS) is 11.2. The van der Waals surface area contributed by atoms with E-state index >= 15 is 0 Å². The van der Waals surface area contributed by atoms with Gasteiger partial charge in [0.25, 0.3) is 0 Å². The molecule has 1 nitrogen and oxygen atoms in total. The molecule has 0 atom stereocenters. The van der Waals surface area contributed by atoms with Crippen LogP contribution >= 0.6 is 0 Å². The van der Waals surface area contributed by atoms with E-state index in [-0.39, 0.29) is 0 Å². The SMILES string of the molecule is C=Cc1cccc(C(C)(C)O)c1. The Morgan fingerprint density at radius 2 is 2.08 bits per heavy atom. The molecule has 0 radical (unpaired) electrons. The molecule has 0 heterocycles. The number of rotatable bonds is 2. The minimum absolute atomic E-state index is 0.765. The van der Waals surface area contributed by atoms with Crippen molar-refractivity contribution in [2.24, 2.45) is 0 Å². The average molecular weight is 162 g/mol. The molecule has 0 aromatic heterocycles. The molecule has 12 heavy (non-hydrogen) atoms. The highest BCUT2D eigenvalue weighted by Crippen LogP contribution is 2.20. The molecular weight excluding hydrogens is 148 g/mol. The smallest absolute Gasteiger partial charge is 0.0840 e. The number of hydrogen-bond acceptors (Lipinski definition) is 1. The molecule has 1 N–H and O–H groups in total. The van der Waals surface area contributed by atoms with Gasteiger partial charge < -0.3 is 5.11 Å². The van der Waals surface area contributed by atoms with Gasteiger partial charge >= 0.3 is 0 Å². The lowest BCUT2D eigenvalue weighted by Gasteiger charge is -2.17. The maximum Gasteiger partial charge on any atom is 0.0840 e. The van der Waals surface area contributed by atoms with Crippen molar-refractivity contribution < 1.29 is 5.11 Å².